The Hall–Kier alpha value is -2.82. The molecule has 2 N–H and O–H groups in total. The summed E-state index contributed by atoms with van der Waals surface area (Å²) in [7, 11) is 1.60. The molecule has 1 atom stereocenters. The van der Waals surface area contributed by atoms with Gasteiger partial charge in [-0.2, -0.15) is 0 Å². The Kier molecular flexibility index (Phi) is 6.37. The Morgan fingerprint density at radius 3 is 2.29 bits per heavy atom. The molecular weight excluding hydrogens is 306 g/mol. The van der Waals surface area contributed by atoms with Crippen molar-refractivity contribution in [2.45, 2.75) is 25.3 Å². The van der Waals surface area contributed by atoms with Gasteiger partial charge in [0.05, 0.1) is 7.11 Å². The summed E-state index contributed by atoms with van der Waals surface area (Å²) in [5, 5.41) is 11.9. The van der Waals surface area contributed by atoms with E-state index in [9.17, 15) is 14.7 Å². The maximum Gasteiger partial charge on any atom is 0.326 e. The lowest BCUT2D eigenvalue weighted by molar-refractivity contribution is -0.141. The van der Waals surface area contributed by atoms with Crippen LogP contribution in [-0.4, -0.2) is 30.1 Å². The summed E-state index contributed by atoms with van der Waals surface area (Å²) in [4.78, 5) is 23.4. The fourth-order valence-electron chi connectivity index (χ4n) is 2.37. The molecule has 0 aromatic heterocycles. The zero-order valence-corrected chi connectivity index (χ0v) is 13.6. The number of amides is 1. The molecule has 5 heteroatoms. The van der Waals surface area contributed by atoms with E-state index in [-0.39, 0.29) is 18.7 Å². The maximum atomic E-state index is 12.0. The SMILES string of the molecule is COc1ccc(CCC(=O)NC(Cc2ccccc2)C(=O)O)cc1. The Balaban J connectivity index is 1.87. The average Bonchev–Trinajstić information content (AvgIpc) is 2.60. The second kappa shape index (κ2) is 8.72. The number of carbonyl (C=O) groups is 2. The largest absolute Gasteiger partial charge is 0.497 e. The highest BCUT2D eigenvalue weighted by Gasteiger charge is 2.20. The molecule has 0 saturated carbocycles. The van der Waals surface area contributed by atoms with Crippen molar-refractivity contribution < 1.29 is 19.4 Å². The minimum absolute atomic E-state index is 0.241. The maximum absolute atomic E-state index is 12.0. The van der Waals surface area contributed by atoms with E-state index in [4.69, 9.17) is 4.74 Å². The highest BCUT2D eigenvalue weighted by molar-refractivity contribution is 5.83. The van der Waals surface area contributed by atoms with Crippen LogP contribution in [0.2, 0.25) is 0 Å². The summed E-state index contributed by atoms with van der Waals surface area (Å²) in [5.74, 6) is -0.539. The molecule has 1 amide bonds. The van der Waals surface area contributed by atoms with Crippen molar-refractivity contribution >= 4 is 11.9 Å². The number of nitrogens with one attached hydrogen (secondary N) is 1. The Morgan fingerprint density at radius 2 is 1.71 bits per heavy atom. The number of methoxy groups -OCH3 is 1. The summed E-state index contributed by atoms with van der Waals surface area (Å²) in [5.41, 5.74) is 1.88. The van der Waals surface area contributed by atoms with Crippen molar-refractivity contribution in [1.29, 1.82) is 0 Å². The zero-order valence-electron chi connectivity index (χ0n) is 13.6. The molecule has 0 fully saturated rings. The Morgan fingerprint density at radius 1 is 1.04 bits per heavy atom. The monoisotopic (exact) mass is 327 g/mol. The van der Waals surface area contributed by atoms with E-state index in [1.54, 1.807) is 7.11 Å². The van der Waals surface area contributed by atoms with E-state index >= 15 is 0 Å². The van der Waals surface area contributed by atoms with Gasteiger partial charge in [0.25, 0.3) is 0 Å². The predicted octanol–water partition coefficient (Wildman–Crippen LogP) is 2.44. The van der Waals surface area contributed by atoms with Crippen LogP contribution in [0, 0.1) is 0 Å². The minimum atomic E-state index is -1.03. The molecule has 24 heavy (non-hydrogen) atoms. The molecular formula is C19H21NO4. The zero-order chi connectivity index (χ0) is 17.4. The van der Waals surface area contributed by atoms with Crippen LogP contribution < -0.4 is 10.1 Å². The lowest BCUT2D eigenvalue weighted by Gasteiger charge is -2.14. The minimum Gasteiger partial charge on any atom is -0.497 e. The van der Waals surface area contributed by atoms with Gasteiger partial charge in [0.1, 0.15) is 11.8 Å². The second-order valence-corrected chi connectivity index (χ2v) is 5.50. The number of hydrogen-bond acceptors (Lipinski definition) is 3. The molecule has 0 aliphatic rings. The summed E-state index contributed by atoms with van der Waals surface area (Å²) < 4.78 is 5.09. The number of benzene rings is 2. The van der Waals surface area contributed by atoms with Crippen LogP contribution in [0.3, 0.4) is 0 Å². The van der Waals surface area contributed by atoms with Gasteiger partial charge in [0.2, 0.25) is 5.91 Å². The molecule has 2 aromatic carbocycles. The molecule has 0 aliphatic heterocycles. The van der Waals surface area contributed by atoms with Gasteiger partial charge in [-0.05, 0) is 29.7 Å². The normalized spacial score (nSPS) is 11.5. The van der Waals surface area contributed by atoms with Crippen LogP contribution in [0.15, 0.2) is 54.6 Å². The number of carboxylic acid groups (broad SMARTS) is 1. The number of ether oxygens (including phenoxy) is 1. The lowest BCUT2D eigenvalue weighted by atomic mass is 10.1. The highest BCUT2D eigenvalue weighted by Crippen LogP contribution is 2.12. The smallest absolute Gasteiger partial charge is 0.326 e. The van der Waals surface area contributed by atoms with Crippen molar-refractivity contribution in [2.75, 3.05) is 7.11 Å². The van der Waals surface area contributed by atoms with Crippen molar-refractivity contribution in [1.82, 2.24) is 5.32 Å². The molecule has 2 aromatic rings. The van der Waals surface area contributed by atoms with E-state index in [0.717, 1.165) is 16.9 Å². The first-order valence-corrected chi connectivity index (χ1v) is 7.77. The third-order valence-electron chi connectivity index (χ3n) is 3.72. The van der Waals surface area contributed by atoms with E-state index in [0.29, 0.717) is 6.42 Å². The lowest BCUT2D eigenvalue weighted by Crippen LogP contribution is -2.42. The molecule has 1 unspecified atom stereocenters. The topological polar surface area (TPSA) is 75.6 Å². The van der Waals surface area contributed by atoms with Gasteiger partial charge >= 0.3 is 5.97 Å². The molecule has 2 rings (SSSR count). The summed E-state index contributed by atoms with van der Waals surface area (Å²) >= 11 is 0. The van der Waals surface area contributed by atoms with E-state index < -0.39 is 12.0 Å². The van der Waals surface area contributed by atoms with Gasteiger partial charge < -0.3 is 15.2 Å². The molecule has 0 spiro atoms. The second-order valence-electron chi connectivity index (χ2n) is 5.50. The Labute approximate surface area is 141 Å². The van der Waals surface area contributed by atoms with Crippen LogP contribution in [0.1, 0.15) is 17.5 Å². The van der Waals surface area contributed by atoms with Gasteiger partial charge in [-0.1, -0.05) is 42.5 Å². The summed E-state index contributed by atoms with van der Waals surface area (Å²) in [6, 6.07) is 15.8. The molecule has 5 nitrogen and oxygen atoms in total. The number of hydrogen-bond donors (Lipinski definition) is 2. The van der Waals surface area contributed by atoms with Crippen molar-refractivity contribution in [3.8, 4) is 5.75 Å². The summed E-state index contributed by atoms with van der Waals surface area (Å²) in [6.45, 7) is 0. The van der Waals surface area contributed by atoms with Crippen LogP contribution in [0.4, 0.5) is 0 Å². The van der Waals surface area contributed by atoms with Crippen molar-refractivity contribution in [3.05, 3.63) is 65.7 Å². The molecule has 0 bridgehead atoms. The van der Waals surface area contributed by atoms with Crippen LogP contribution in [-0.2, 0) is 22.4 Å². The molecule has 0 aliphatic carbocycles. The molecule has 0 saturated heterocycles. The van der Waals surface area contributed by atoms with Crippen LogP contribution >= 0.6 is 0 Å². The van der Waals surface area contributed by atoms with Gasteiger partial charge in [0.15, 0.2) is 0 Å². The van der Waals surface area contributed by atoms with Gasteiger partial charge in [0, 0.05) is 12.8 Å². The fraction of sp³-hybridized carbons (Fsp3) is 0.263. The fourth-order valence-corrected chi connectivity index (χ4v) is 2.37. The average molecular weight is 327 g/mol. The first-order chi connectivity index (χ1) is 11.6. The van der Waals surface area contributed by atoms with Crippen LogP contribution in [0.25, 0.3) is 0 Å². The van der Waals surface area contributed by atoms with Crippen molar-refractivity contribution in [2.24, 2.45) is 0 Å². The first-order valence-electron chi connectivity index (χ1n) is 7.77. The van der Waals surface area contributed by atoms with Crippen LogP contribution in [0.5, 0.6) is 5.75 Å². The third-order valence-corrected chi connectivity index (χ3v) is 3.72. The molecule has 126 valence electrons. The van der Waals surface area contributed by atoms with E-state index in [2.05, 4.69) is 5.32 Å². The van der Waals surface area contributed by atoms with E-state index in [1.165, 1.54) is 0 Å². The number of carbonyl (C=O) groups excluding carboxylic acids is 1. The van der Waals surface area contributed by atoms with Gasteiger partial charge in [-0.15, -0.1) is 0 Å². The first kappa shape index (κ1) is 17.5. The van der Waals surface area contributed by atoms with Gasteiger partial charge in [-0.25, -0.2) is 4.79 Å². The number of rotatable bonds is 8. The Bertz CT molecular complexity index is 668. The number of aryl methyl sites for hydroxylation is 1. The standard InChI is InChI=1S/C19H21NO4/c1-24-16-10-7-14(8-11-16)9-12-18(21)20-17(19(22)23)13-15-5-3-2-4-6-15/h2-8,10-11,17H,9,12-13H2,1H3,(H,20,21)(H,22,23). The molecule has 0 radical (unpaired) electrons. The quantitative estimate of drug-likeness (QED) is 0.781. The highest BCUT2D eigenvalue weighted by atomic mass is 16.5. The molecule has 0 heterocycles. The third kappa shape index (κ3) is 5.43. The van der Waals surface area contributed by atoms with Crippen molar-refractivity contribution in [3.63, 3.8) is 0 Å². The van der Waals surface area contributed by atoms with E-state index in [1.807, 2.05) is 54.6 Å². The predicted molar refractivity (Wildman–Crippen MR) is 91.0 cm³/mol. The summed E-state index contributed by atoms with van der Waals surface area (Å²) in [6.07, 6.45) is 1.06. The van der Waals surface area contributed by atoms with Gasteiger partial charge in [-0.3, -0.25) is 4.79 Å². The number of carboxylic acids is 1. The number of aliphatic carboxylic acids is 1.